The zero-order valence-electron chi connectivity index (χ0n) is 13.5. The molecule has 6 heteroatoms. The fourth-order valence-electron chi connectivity index (χ4n) is 2.83. The van der Waals surface area contributed by atoms with Crippen molar-refractivity contribution in [1.29, 1.82) is 0 Å². The molecule has 2 aromatic rings. The first-order valence-corrected chi connectivity index (χ1v) is 7.64. The van der Waals surface area contributed by atoms with Crippen LogP contribution in [-0.4, -0.2) is 53.0 Å². The molecule has 118 valence electrons. The summed E-state index contributed by atoms with van der Waals surface area (Å²) >= 11 is 0. The molecule has 6 nitrogen and oxygen atoms in total. The maximum Gasteiger partial charge on any atom is 0.146 e. The van der Waals surface area contributed by atoms with Crippen LogP contribution in [0.2, 0.25) is 0 Å². The second-order valence-corrected chi connectivity index (χ2v) is 5.66. The van der Waals surface area contributed by atoms with Crippen LogP contribution in [0.1, 0.15) is 11.6 Å². The maximum atomic E-state index is 5.46. The molecule has 1 aromatic heterocycles. The number of piperazine rings is 1. The van der Waals surface area contributed by atoms with E-state index in [-0.39, 0.29) is 0 Å². The van der Waals surface area contributed by atoms with E-state index >= 15 is 0 Å². The third-order valence-electron chi connectivity index (χ3n) is 4.35. The highest BCUT2D eigenvalue weighted by Gasteiger charge is 2.20. The summed E-state index contributed by atoms with van der Waals surface area (Å²) in [6.07, 6.45) is 0. The lowest BCUT2D eigenvalue weighted by Crippen LogP contribution is -2.46. The molecule has 1 aliphatic rings. The van der Waals surface area contributed by atoms with Gasteiger partial charge in [-0.15, -0.1) is 10.2 Å². The minimum absolute atomic E-state index is 0.858. The summed E-state index contributed by atoms with van der Waals surface area (Å²) in [5, 5.41) is 8.38. The molecule has 0 radical (unpaired) electrons. The van der Waals surface area contributed by atoms with Crippen molar-refractivity contribution in [3.8, 4) is 5.75 Å². The number of hydrogen-bond donors (Lipinski definition) is 0. The van der Waals surface area contributed by atoms with E-state index in [4.69, 9.17) is 4.74 Å². The van der Waals surface area contributed by atoms with Gasteiger partial charge < -0.3 is 14.2 Å². The second-order valence-electron chi connectivity index (χ2n) is 5.66. The predicted octanol–water partition coefficient (Wildman–Crippen LogP) is 1.45. The van der Waals surface area contributed by atoms with Crippen LogP contribution in [0.3, 0.4) is 0 Å². The maximum absolute atomic E-state index is 5.46. The van der Waals surface area contributed by atoms with Crippen LogP contribution in [0.5, 0.6) is 5.75 Å². The average Bonchev–Trinajstić information content (AvgIpc) is 2.87. The number of methoxy groups -OCH3 is 1. The number of anilines is 1. The van der Waals surface area contributed by atoms with Crippen molar-refractivity contribution in [2.45, 2.75) is 13.5 Å². The van der Waals surface area contributed by atoms with Gasteiger partial charge in [0.15, 0.2) is 0 Å². The van der Waals surface area contributed by atoms with Gasteiger partial charge in [0.25, 0.3) is 0 Å². The van der Waals surface area contributed by atoms with E-state index in [0.29, 0.717) is 0 Å². The highest BCUT2D eigenvalue weighted by molar-refractivity contribution is 5.58. The van der Waals surface area contributed by atoms with Gasteiger partial charge >= 0.3 is 0 Å². The Kier molecular flexibility index (Phi) is 4.29. The number of benzene rings is 1. The molecule has 22 heavy (non-hydrogen) atoms. The van der Waals surface area contributed by atoms with E-state index in [9.17, 15) is 0 Å². The third kappa shape index (κ3) is 2.92. The predicted molar refractivity (Wildman–Crippen MR) is 86.2 cm³/mol. The molecular formula is C16H23N5O. The number of aryl methyl sites for hydroxylation is 1. The van der Waals surface area contributed by atoms with Crippen molar-refractivity contribution in [3.63, 3.8) is 0 Å². The van der Waals surface area contributed by atoms with Gasteiger partial charge in [0.05, 0.1) is 19.3 Å². The monoisotopic (exact) mass is 301 g/mol. The van der Waals surface area contributed by atoms with Gasteiger partial charge in [-0.3, -0.25) is 4.90 Å². The van der Waals surface area contributed by atoms with E-state index in [1.54, 1.807) is 7.11 Å². The van der Waals surface area contributed by atoms with Gasteiger partial charge in [-0.1, -0.05) is 12.1 Å². The first kappa shape index (κ1) is 14.8. The molecule has 0 aliphatic carbocycles. The molecule has 1 aliphatic heterocycles. The van der Waals surface area contributed by atoms with Crippen molar-refractivity contribution >= 4 is 5.69 Å². The highest BCUT2D eigenvalue weighted by atomic mass is 16.5. The molecule has 2 heterocycles. The highest BCUT2D eigenvalue weighted by Crippen LogP contribution is 2.28. The molecule has 3 rings (SSSR count). The molecule has 0 unspecified atom stereocenters. The zero-order chi connectivity index (χ0) is 15.5. The summed E-state index contributed by atoms with van der Waals surface area (Å²) in [6.45, 7) is 6.87. The van der Waals surface area contributed by atoms with Gasteiger partial charge in [-0.05, 0) is 19.1 Å². The van der Waals surface area contributed by atoms with E-state index in [1.807, 2.05) is 26.1 Å². The van der Waals surface area contributed by atoms with Gasteiger partial charge in [0.2, 0.25) is 0 Å². The van der Waals surface area contributed by atoms with Gasteiger partial charge in [0.1, 0.15) is 17.4 Å². The normalized spacial score (nSPS) is 16.0. The molecule has 0 N–H and O–H groups in total. The Morgan fingerprint density at radius 2 is 1.82 bits per heavy atom. The lowest BCUT2D eigenvalue weighted by Gasteiger charge is -2.36. The van der Waals surface area contributed by atoms with E-state index in [0.717, 1.165) is 50.1 Å². The minimum Gasteiger partial charge on any atom is -0.495 e. The minimum atomic E-state index is 0.858. The first-order valence-electron chi connectivity index (χ1n) is 7.64. The first-order chi connectivity index (χ1) is 10.7. The summed E-state index contributed by atoms with van der Waals surface area (Å²) in [5.41, 5.74) is 1.18. The molecule has 1 fully saturated rings. The van der Waals surface area contributed by atoms with Gasteiger partial charge in [-0.2, -0.15) is 0 Å². The van der Waals surface area contributed by atoms with Crippen molar-refractivity contribution in [1.82, 2.24) is 19.7 Å². The zero-order valence-corrected chi connectivity index (χ0v) is 13.5. The van der Waals surface area contributed by atoms with Crippen LogP contribution in [0.15, 0.2) is 24.3 Å². The van der Waals surface area contributed by atoms with Crippen LogP contribution in [-0.2, 0) is 13.6 Å². The Bertz CT molecular complexity index is 631. The summed E-state index contributed by atoms with van der Waals surface area (Å²) in [6, 6.07) is 8.21. The van der Waals surface area contributed by atoms with Crippen molar-refractivity contribution in [2.24, 2.45) is 7.05 Å². The summed E-state index contributed by atoms with van der Waals surface area (Å²) in [5.74, 6) is 2.94. The van der Waals surface area contributed by atoms with Crippen molar-refractivity contribution in [3.05, 3.63) is 35.9 Å². The lowest BCUT2D eigenvalue weighted by molar-refractivity contribution is 0.240. The van der Waals surface area contributed by atoms with Gasteiger partial charge in [-0.25, -0.2) is 0 Å². The number of hydrogen-bond acceptors (Lipinski definition) is 5. The van der Waals surface area contributed by atoms with Crippen LogP contribution in [0.4, 0.5) is 5.69 Å². The molecule has 0 spiro atoms. The Balaban J connectivity index is 1.62. The second kappa shape index (κ2) is 6.36. The smallest absolute Gasteiger partial charge is 0.146 e. The van der Waals surface area contributed by atoms with Crippen LogP contribution in [0.25, 0.3) is 0 Å². The molecule has 0 amide bonds. The van der Waals surface area contributed by atoms with Crippen molar-refractivity contribution < 1.29 is 4.74 Å². The molecule has 1 saturated heterocycles. The van der Waals surface area contributed by atoms with E-state index in [1.165, 1.54) is 5.69 Å². The summed E-state index contributed by atoms with van der Waals surface area (Å²) in [7, 11) is 3.75. The standard InChI is InChI=1S/C16H23N5O/c1-13-17-18-16(19(13)2)12-20-8-10-21(11-9-20)14-6-4-5-7-15(14)22-3/h4-7H,8-12H2,1-3H3. The average molecular weight is 301 g/mol. The van der Waals surface area contributed by atoms with Crippen LogP contribution >= 0.6 is 0 Å². The van der Waals surface area contributed by atoms with Crippen molar-refractivity contribution in [2.75, 3.05) is 38.2 Å². The number of para-hydroxylation sites is 2. The fraction of sp³-hybridized carbons (Fsp3) is 0.500. The number of aromatic nitrogens is 3. The van der Waals surface area contributed by atoms with Crippen LogP contribution < -0.4 is 9.64 Å². The van der Waals surface area contributed by atoms with E-state index in [2.05, 4.69) is 36.7 Å². The fourth-order valence-corrected chi connectivity index (χ4v) is 2.83. The Morgan fingerprint density at radius 1 is 1.09 bits per heavy atom. The molecule has 0 atom stereocenters. The summed E-state index contributed by atoms with van der Waals surface area (Å²) < 4.78 is 7.52. The molecule has 0 saturated carbocycles. The number of nitrogens with zero attached hydrogens (tertiary/aromatic N) is 5. The quantitative estimate of drug-likeness (QED) is 0.855. The molecular weight excluding hydrogens is 278 g/mol. The molecule has 0 bridgehead atoms. The lowest BCUT2D eigenvalue weighted by atomic mass is 10.2. The topological polar surface area (TPSA) is 46.4 Å². The molecule has 1 aromatic carbocycles. The summed E-state index contributed by atoms with van der Waals surface area (Å²) in [4.78, 5) is 4.81. The Morgan fingerprint density at radius 3 is 2.45 bits per heavy atom. The van der Waals surface area contributed by atoms with Gasteiger partial charge in [0, 0.05) is 33.2 Å². The largest absolute Gasteiger partial charge is 0.495 e. The van der Waals surface area contributed by atoms with Crippen LogP contribution in [0, 0.1) is 6.92 Å². The Hall–Kier alpha value is -2.08. The number of rotatable bonds is 4. The number of ether oxygens (including phenoxy) is 1. The Labute approximate surface area is 131 Å². The van der Waals surface area contributed by atoms with E-state index < -0.39 is 0 Å². The SMILES string of the molecule is COc1ccccc1N1CCN(Cc2nnc(C)n2C)CC1. The third-order valence-corrected chi connectivity index (χ3v) is 4.35.